The van der Waals surface area contributed by atoms with Gasteiger partial charge in [0.15, 0.2) is 26.2 Å². The van der Waals surface area contributed by atoms with Crippen LogP contribution in [-0.4, -0.2) is 107 Å². The molecule has 4 aliphatic heterocycles. The molecule has 1 N–H and O–H groups in total. The third-order valence-electron chi connectivity index (χ3n) is 10.6. The van der Waals surface area contributed by atoms with Crippen LogP contribution in [0.4, 0.5) is 0 Å². The average molecular weight is 763 g/mol. The molecule has 0 saturated carbocycles. The second kappa shape index (κ2) is 16.2. The molecular weight excluding hydrogens is 705 g/mol. The van der Waals surface area contributed by atoms with Crippen LogP contribution in [0, 0.1) is 0 Å². The molecule has 0 amide bonds. The van der Waals surface area contributed by atoms with E-state index < -0.39 is 81.3 Å². The van der Waals surface area contributed by atoms with E-state index in [2.05, 4.69) is 33.9 Å². The van der Waals surface area contributed by atoms with Gasteiger partial charge in [0.1, 0.15) is 61.2 Å². The van der Waals surface area contributed by atoms with Gasteiger partial charge in [-0.3, -0.25) is 0 Å². The molecule has 4 fully saturated rings. The van der Waals surface area contributed by atoms with Gasteiger partial charge >= 0.3 is 0 Å². The molecule has 1 unspecified atom stereocenters. The zero-order valence-electron chi connectivity index (χ0n) is 32.6. The van der Waals surface area contributed by atoms with E-state index in [1.54, 1.807) is 7.11 Å². The first kappa shape index (κ1) is 40.6. The third kappa shape index (κ3) is 9.69. The number of benzene rings is 2. The molecule has 0 aliphatic carbocycles. The fourth-order valence-corrected chi connectivity index (χ4v) is 7.75. The van der Waals surface area contributed by atoms with Gasteiger partial charge in [-0.25, -0.2) is 9.78 Å². The summed E-state index contributed by atoms with van der Waals surface area (Å²) in [6, 6.07) is 17.0. The van der Waals surface area contributed by atoms with Crippen molar-refractivity contribution < 1.29 is 61.9 Å². The van der Waals surface area contributed by atoms with Crippen molar-refractivity contribution in [3.63, 3.8) is 0 Å². The summed E-state index contributed by atoms with van der Waals surface area (Å²) >= 11 is 0. The van der Waals surface area contributed by atoms with Crippen LogP contribution in [0.3, 0.4) is 0 Å². The average Bonchev–Trinajstić information content (AvgIpc) is 3.60. The van der Waals surface area contributed by atoms with Gasteiger partial charge in [-0.15, -0.1) is 0 Å². The number of fused-ring (bicyclic) bond motifs is 1. The number of rotatable bonds is 13. The minimum absolute atomic E-state index is 0.0324. The summed E-state index contributed by atoms with van der Waals surface area (Å²) in [5.41, 5.74) is 1.70. The molecular formula is C39H58O13Si. The first-order valence-corrected chi connectivity index (χ1v) is 21.4. The van der Waals surface area contributed by atoms with E-state index in [1.165, 1.54) is 0 Å². The van der Waals surface area contributed by atoms with Gasteiger partial charge in [0.2, 0.25) is 6.29 Å². The number of hydrogen-bond acceptors (Lipinski definition) is 13. The van der Waals surface area contributed by atoms with Gasteiger partial charge in [0.25, 0.3) is 0 Å². The molecule has 0 radical (unpaired) electrons. The number of hydrogen-bond donors (Lipinski definition) is 1. The van der Waals surface area contributed by atoms with E-state index in [4.69, 9.17) is 56.8 Å². The van der Waals surface area contributed by atoms with Crippen molar-refractivity contribution in [3.05, 3.63) is 65.7 Å². The summed E-state index contributed by atoms with van der Waals surface area (Å²) < 4.78 is 62.3. The number of aliphatic hydroxyl groups excluding tert-OH is 1. The second-order valence-electron chi connectivity index (χ2n) is 16.6. The van der Waals surface area contributed by atoms with E-state index in [-0.39, 0.29) is 24.9 Å². The van der Waals surface area contributed by atoms with Gasteiger partial charge < -0.3 is 52.2 Å². The Kier molecular flexibility index (Phi) is 12.4. The lowest BCUT2D eigenvalue weighted by atomic mass is 9.97. The zero-order chi connectivity index (χ0) is 38.2. The van der Waals surface area contributed by atoms with E-state index in [0.29, 0.717) is 6.61 Å². The molecule has 0 aromatic heterocycles. The first-order valence-electron chi connectivity index (χ1n) is 18.5. The molecule has 2 aromatic carbocycles. The van der Waals surface area contributed by atoms with Crippen LogP contribution in [0.1, 0.15) is 65.9 Å². The fraction of sp³-hybridized carbons (Fsp3) is 0.692. The molecule has 296 valence electrons. The highest BCUT2D eigenvalue weighted by Gasteiger charge is 2.55. The van der Waals surface area contributed by atoms with Gasteiger partial charge in [0, 0.05) is 5.56 Å². The highest BCUT2D eigenvalue weighted by atomic mass is 28.4. The highest BCUT2D eigenvalue weighted by molar-refractivity contribution is 6.74. The lowest BCUT2D eigenvalue weighted by molar-refractivity contribution is -0.447. The molecule has 10 atom stereocenters. The SMILES string of the molecule is COc1ccc(CO[C@@H]2[C@H](OOC[C@@H]3OC(C)(C)O[C@H]3[C@@H]3OC(C)(C)O[C@@H]3CO[Si](C)(C)C(C)(C)C)O[C@@H]3COC(c4ccccc4)O[C@H]3[C@@H]2O)cc1. The Labute approximate surface area is 314 Å². The van der Waals surface area contributed by atoms with E-state index in [1.807, 2.05) is 82.3 Å². The molecule has 13 nitrogen and oxygen atoms in total. The quantitative estimate of drug-likeness (QED) is 0.150. The molecule has 4 saturated heterocycles. The Balaban J connectivity index is 1.14. The minimum atomic E-state index is -2.07. The third-order valence-corrected chi connectivity index (χ3v) is 15.1. The highest BCUT2D eigenvalue weighted by Crippen LogP contribution is 2.42. The summed E-state index contributed by atoms with van der Waals surface area (Å²) in [6.45, 7) is 19.1. The Morgan fingerprint density at radius 3 is 2.04 bits per heavy atom. The largest absolute Gasteiger partial charge is 0.497 e. The maximum absolute atomic E-state index is 11.7. The number of methoxy groups -OCH3 is 1. The van der Waals surface area contributed by atoms with E-state index in [9.17, 15) is 5.11 Å². The van der Waals surface area contributed by atoms with Crippen LogP contribution in [0.25, 0.3) is 0 Å². The first-order chi connectivity index (χ1) is 25.0. The molecule has 2 aromatic rings. The summed E-state index contributed by atoms with van der Waals surface area (Å²) in [6.07, 6.45) is -7.40. The summed E-state index contributed by atoms with van der Waals surface area (Å²) in [5.74, 6) is -1.06. The standard InChI is InChI=1S/C39H58O13Si/c1-37(2,3)53(9,10)45-23-29-33(51-39(6,7)49-29)32-28(48-38(4,5)50-32)22-44-52-36-34(42-20-24-16-18-26(41-8)19-17-24)30(40)31-27(46-36)21-43-35(47-31)25-14-12-11-13-15-25/h11-19,27-36,40H,20-23H2,1-10H3/t27-,28+,29-,30+,31-,32-,33-,34+,35?,36+/m1/s1. The predicted molar refractivity (Wildman–Crippen MR) is 194 cm³/mol. The van der Waals surface area contributed by atoms with Crippen molar-refractivity contribution in [2.24, 2.45) is 0 Å². The van der Waals surface area contributed by atoms with Crippen molar-refractivity contribution in [1.82, 2.24) is 0 Å². The Morgan fingerprint density at radius 2 is 1.43 bits per heavy atom. The Morgan fingerprint density at radius 1 is 0.811 bits per heavy atom. The summed E-state index contributed by atoms with van der Waals surface area (Å²) in [7, 11) is -0.463. The number of aliphatic hydroxyl groups is 1. The number of ether oxygens (including phenoxy) is 9. The van der Waals surface area contributed by atoms with E-state index >= 15 is 0 Å². The van der Waals surface area contributed by atoms with Crippen molar-refractivity contribution in [2.45, 2.75) is 146 Å². The van der Waals surface area contributed by atoms with Gasteiger partial charge in [-0.1, -0.05) is 63.2 Å². The van der Waals surface area contributed by atoms with Gasteiger partial charge in [-0.05, 0) is 63.5 Å². The van der Waals surface area contributed by atoms with Crippen LogP contribution in [0.15, 0.2) is 54.6 Å². The van der Waals surface area contributed by atoms with Crippen LogP contribution >= 0.6 is 0 Å². The molecule has 4 aliphatic rings. The molecule has 0 bridgehead atoms. The zero-order valence-corrected chi connectivity index (χ0v) is 33.6. The molecule has 6 rings (SSSR count). The topological polar surface area (TPSA) is 131 Å². The predicted octanol–water partition coefficient (Wildman–Crippen LogP) is 5.79. The maximum Gasteiger partial charge on any atom is 0.220 e. The van der Waals surface area contributed by atoms with Crippen LogP contribution in [0.5, 0.6) is 5.75 Å². The monoisotopic (exact) mass is 762 g/mol. The molecule has 4 heterocycles. The summed E-state index contributed by atoms with van der Waals surface area (Å²) in [4.78, 5) is 11.8. The smallest absolute Gasteiger partial charge is 0.220 e. The maximum atomic E-state index is 11.7. The van der Waals surface area contributed by atoms with Crippen molar-refractivity contribution in [3.8, 4) is 5.75 Å². The molecule has 53 heavy (non-hydrogen) atoms. The Hall–Kier alpha value is -2.02. The van der Waals surface area contributed by atoms with Crippen LogP contribution < -0.4 is 4.74 Å². The second-order valence-corrected chi connectivity index (χ2v) is 21.4. The van der Waals surface area contributed by atoms with Crippen LogP contribution in [0.2, 0.25) is 18.1 Å². The van der Waals surface area contributed by atoms with Gasteiger partial charge in [0.05, 0.1) is 26.9 Å². The van der Waals surface area contributed by atoms with Crippen molar-refractivity contribution >= 4 is 8.32 Å². The Bertz CT molecular complexity index is 1470. The normalized spacial score (nSPS) is 34.2. The van der Waals surface area contributed by atoms with E-state index in [0.717, 1.165) is 16.9 Å². The lowest BCUT2D eigenvalue weighted by Crippen LogP contribution is -2.62. The van der Waals surface area contributed by atoms with Crippen molar-refractivity contribution in [1.29, 1.82) is 0 Å². The van der Waals surface area contributed by atoms with Gasteiger partial charge in [-0.2, -0.15) is 0 Å². The molecule has 14 heteroatoms. The van der Waals surface area contributed by atoms with Crippen LogP contribution in [-0.2, 0) is 58.7 Å². The lowest BCUT2D eigenvalue weighted by Gasteiger charge is -2.47. The fourth-order valence-electron chi connectivity index (χ4n) is 6.74. The molecule has 0 spiro atoms. The summed E-state index contributed by atoms with van der Waals surface area (Å²) in [5, 5.41) is 11.8. The minimum Gasteiger partial charge on any atom is -0.497 e. The van der Waals surface area contributed by atoms with Crippen molar-refractivity contribution in [2.75, 3.05) is 26.9 Å².